The lowest BCUT2D eigenvalue weighted by molar-refractivity contribution is 0.0741. The maximum Gasteiger partial charge on any atom is 0.0982 e. The maximum atomic E-state index is 6.01. The van der Waals surface area contributed by atoms with Crippen molar-refractivity contribution < 1.29 is 4.74 Å². The second-order valence-electron chi connectivity index (χ2n) is 4.58. The van der Waals surface area contributed by atoms with E-state index in [1.54, 1.807) is 0 Å². The van der Waals surface area contributed by atoms with E-state index in [2.05, 4.69) is 25.2 Å². The fraction of sp³-hybridized carbons (Fsp3) is 0.692. The second kappa shape index (κ2) is 4.68. The fourth-order valence-electron chi connectivity index (χ4n) is 2.29. The highest BCUT2D eigenvalue weighted by atomic mass is 16.5. The van der Waals surface area contributed by atoms with Gasteiger partial charge in [0, 0.05) is 6.42 Å². The third-order valence-electron chi connectivity index (χ3n) is 3.12. The molecule has 0 radical (unpaired) electrons. The smallest absolute Gasteiger partial charge is 0.0982 e. The largest absolute Gasteiger partial charge is 0.495 e. The van der Waals surface area contributed by atoms with Gasteiger partial charge in [-0.3, -0.25) is 0 Å². The van der Waals surface area contributed by atoms with E-state index in [4.69, 9.17) is 4.74 Å². The van der Waals surface area contributed by atoms with Crippen molar-refractivity contribution in [1.29, 1.82) is 0 Å². The molecule has 0 unspecified atom stereocenters. The molecule has 78 valence electrons. The molecular weight excluding hydrogens is 172 g/mol. The van der Waals surface area contributed by atoms with Gasteiger partial charge < -0.3 is 4.74 Å². The minimum Gasteiger partial charge on any atom is -0.495 e. The molecule has 14 heavy (non-hydrogen) atoms. The van der Waals surface area contributed by atoms with Crippen LogP contribution < -0.4 is 0 Å². The van der Waals surface area contributed by atoms with Crippen LogP contribution in [0.15, 0.2) is 24.0 Å². The summed E-state index contributed by atoms with van der Waals surface area (Å²) in [5.41, 5.74) is 0. The van der Waals surface area contributed by atoms with Crippen LogP contribution in [0.2, 0.25) is 0 Å². The zero-order chi connectivity index (χ0) is 9.80. The lowest BCUT2D eigenvalue weighted by Gasteiger charge is -2.26. The summed E-state index contributed by atoms with van der Waals surface area (Å²) in [5.74, 6) is 1.85. The van der Waals surface area contributed by atoms with Crippen LogP contribution in [0.25, 0.3) is 0 Å². The van der Waals surface area contributed by atoms with E-state index < -0.39 is 0 Å². The van der Waals surface area contributed by atoms with Gasteiger partial charge in [0.25, 0.3) is 0 Å². The van der Waals surface area contributed by atoms with Crippen molar-refractivity contribution in [2.75, 3.05) is 0 Å². The van der Waals surface area contributed by atoms with E-state index in [1.165, 1.54) is 37.9 Å². The second-order valence-corrected chi connectivity index (χ2v) is 4.58. The summed E-state index contributed by atoms with van der Waals surface area (Å²) < 4.78 is 6.01. The Hall–Kier alpha value is -0.720. The van der Waals surface area contributed by atoms with Crippen LogP contribution >= 0.6 is 0 Å². The van der Waals surface area contributed by atoms with Gasteiger partial charge in [-0.2, -0.15) is 0 Å². The van der Waals surface area contributed by atoms with Crippen molar-refractivity contribution in [2.45, 2.75) is 51.6 Å². The molecule has 0 N–H and O–H groups in total. The van der Waals surface area contributed by atoms with Gasteiger partial charge in [0.15, 0.2) is 0 Å². The molecule has 2 aliphatic carbocycles. The van der Waals surface area contributed by atoms with Crippen molar-refractivity contribution in [3.63, 3.8) is 0 Å². The first-order valence-electron chi connectivity index (χ1n) is 5.88. The number of rotatable bonds is 2. The van der Waals surface area contributed by atoms with Gasteiger partial charge in [-0.1, -0.05) is 25.5 Å². The third kappa shape index (κ3) is 2.63. The van der Waals surface area contributed by atoms with Gasteiger partial charge in [-0.05, 0) is 37.7 Å². The molecule has 1 nitrogen and oxygen atoms in total. The average Bonchev–Trinajstić information content (AvgIpc) is 2.19. The topological polar surface area (TPSA) is 9.23 Å². The monoisotopic (exact) mass is 192 g/mol. The zero-order valence-electron chi connectivity index (χ0n) is 9.04. The highest BCUT2D eigenvalue weighted by molar-refractivity contribution is 5.15. The van der Waals surface area contributed by atoms with Crippen LogP contribution in [0, 0.1) is 5.92 Å². The van der Waals surface area contributed by atoms with Gasteiger partial charge in [0.05, 0.1) is 11.9 Å². The van der Waals surface area contributed by atoms with E-state index in [0.717, 1.165) is 6.42 Å². The van der Waals surface area contributed by atoms with Crippen LogP contribution in [0.4, 0.5) is 0 Å². The van der Waals surface area contributed by atoms with Crippen LogP contribution in [-0.4, -0.2) is 6.10 Å². The highest BCUT2D eigenvalue weighted by Crippen LogP contribution is 2.26. The Labute approximate surface area is 86.8 Å². The summed E-state index contributed by atoms with van der Waals surface area (Å²) in [5, 5.41) is 0. The van der Waals surface area contributed by atoms with Crippen LogP contribution in [0.5, 0.6) is 0 Å². The first-order valence-corrected chi connectivity index (χ1v) is 5.88. The number of ether oxygens (including phenoxy) is 1. The van der Waals surface area contributed by atoms with Crippen LogP contribution in [0.1, 0.15) is 45.4 Å². The van der Waals surface area contributed by atoms with Gasteiger partial charge in [-0.25, -0.2) is 0 Å². The first kappa shape index (κ1) is 9.82. The minimum absolute atomic E-state index is 0.508. The maximum absolute atomic E-state index is 6.01. The SMILES string of the molecule is C[C@@H]1C=CC=C(OC2CCCCC2)C1. The molecule has 1 fully saturated rings. The molecule has 1 atom stereocenters. The summed E-state index contributed by atoms with van der Waals surface area (Å²) in [6.45, 7) is 2.24. The Morgan fingerprint density at radius 1 is 1.21 bits per heavy atom. The number of hydrogen-bond acceptors (Lipinski definition) is 1. The number of allylic oxidation sites excluding steroid dienone is 4. The third-order valence-corrected chi connectivity index (χ3v) is 3.12. The normalized spacial score (nSPS) is 28.6. The van der Waals surface area contributed by atoms with Gasteiger partial charge in [0.1, 0.15) is 0 Å². The minimum atomic E-state index is 0.508. The molecule has 0 aromatic rings. The fourth-order valence-corrected chi connectivity index (χ4v) is 2.29. The zero-order valence-corrected chi connectivity index (χ0v) is 9.04. The highest BCUT2D eigenvalue weighted by Gasteiger charge is 2.17. The van der Waals surface area contributed by atoms with E-state index in [0.29, 0.717) is 12.0 Å². The Morgan fingerprint density at radius 2 is 2.00 bits per heavy atom. The van der Waals surface area contributed by atoms with Gasteiger partial charge >= 0.3 is 0 Å². The predicted molar refractivity (Wildman–Crippen MR) is 59.0 cm³/mol. The van der Waals surface area contributed by atoms with Gasteiger partial charge in [0.2, 0.25) is 0 Å². The molecule has 2 rings (SSSR count). The Kier molecular flexibility index (Phi) is 3.28. The molecule has 0 aromatic carbocycles. The van der Waals surface area contributed by atoms with Crippen molar-refractivity contribution in [3.05, 3.63) is 24.0 Å². The first-order chi connectivity index (χ1) is 6.84. The average molecular weight is 192 g/mol. The van der Waals surface area contributed by atoms with Crippen LogP contribution in [-0.2, 0) is 4.74 Å². The predicted octanol–water partition coefficient (Wildman–Crippen LogP) is 3.82. The molecule has 0 bridgehead atoms. The lowest BCUT2D eigenvalue weighted by Crippen LogP contribution is -2.17. The Balaban J connectivity index is 1.84. The number of hydrogen-bond donors (Lipinski definition) is 0. The van der Waals surface area contributed by atoms with E-state index >= 15 is 0 Å². The van der Waals surface area contributed by atoms with E-state index in [1.807, 2.05) is 0 Å². The standard InChI is InChI=1S/C13H20O/c1-11-6-5-9-13(10-11)14-12-7-3-2-4-8-12/h5-6,9,11-12H,2-4,7-8,10H2,1H3/t11-/m1/s1. The van der Waals surface area contributed by atoms with Gasteiger partial charge in [-0.15, -0.1) is 0 Å². The quantitative estimate of drug-likeness (QED) is 0.646. The molecule has 0 aromatic heterocycles. The van der Waals surface area contributed by atoms with E-state index in [9.17, 15) is 0 Å². The van der Waals surface area contributed by atoms with Crippen molar-refractivity contribution in [1.82, 2.24) is 0 Å². The molecule has 1 saturated carbocycles. The summed E-state index contributed by atoms with van der Waals surface area (Å²) in [6, 6.07) is 0. The molecular formula is C13H20O. The molecule has 1 heteroatoms. The molecule has 0 amide bonds. The summed E-state index contributed by atoms with van der Waals surface area (Å²) in [6.07, 6.45) is 14.7. The summed E-state index contributed by atoms with van der Waals surface area (Å²) >= 11 is 0. The molecule has 2 aliphatic rings. The molecule has 0 heterocycles. The van der Waals surface area contributed by atoms with Crippen molar-refractivity contribution in [3.8, 4) is 0 Å². The Morgan fingerprint density at radius 3 is 2.71 bits per heavy atom. The summed E-state index contributed by atoms with van der Waals surface area (Å²) in [4.78, 5) is 0. The van der Waals surface area contributed by atoms with Crippen LogP contribution in [0.3, 0.4) is 0 Å². The summed E-state index contributed by atoms with van der Waals surface area (Å²) in [7, 11) is 0. The Bertz CT molecular complexity index is 234. The molecule has 0 aliphatic heterocycles. The van der Waals surface area contributed by atoms with E-state index in [-0.39, 0.29) is 0 Å². The lowest BCUT2D eigenvalue weighted by atomic mass is 9.97. The van der Waals surface area contributed by atoms with Crippen molar-refractivity contribution in [2.24, 2.45) is 5.92 Å². The molecule has 0 spiro atoms. The molecule has 0 saturated heterocycles. The van der Waals surface area contributed by atoms with Crippen molar-refractivity contribution >= 4 is 0 Å².